The molecule has 4 aromatic rings. The summed E-state index contributed by atoms with van der Waals surface area (Å²) in [6, 6.07) is 4.31. The summed E-state index contributed by atoms with van der Waals surface area (Å²) < 4.78 is 63.4. The third kappa shape index (κ3) is 6.40. The van der Waals surface area contributed by atoms with Gasteiger partial charge in [0.15, 0.2) is 5.82 Å². The highest BCUT2D eigenvalue weighted by Crippen LogP contribution is 2.36. The fourth-order valence-corrected chi connectivity index (χ4v) is 6.37. The van der Waals surface area contributed by atoms with E-state index in [2.05, 4.69) is 24.8 Å². The van der Waals surface area contributed by atoms with Gasteiger partial charge in [0.1, 0.15) is 36.4 Å². The third-order valence-corrected chi connectivity index (χ3v) is 8.65. The number of carbonyl (C=O) groups is 1. The van der Waals surface area contributed by atoms with Gasteiger partial charge in [-0.2, -0.15) is 9.97 Å². The highest BCUT2D eigenvalue weighted by atomic mass is 19.3. The zero-order chi connectivity index (χ0) is 33.3. The molecule has 2 saturated heterocycles. The van der Waals surface area contributed by atoms with Crippen molar-refractivity contribution in [2.75, 3.05) is 58.0 Å². The van der Waals surface area contributed by atoms with Gasteiger partial charge >= 0.3 is 6.01 Å². The van der Waals surface area contributed by atoms with E-state index in [1.165, 1.54) is 16.0 Å². The molecule has 14 heteroatoms. The van der Waals surface area contributed by atoms with E-state index in [4.69, 9.17) is 11.3 Å². The first-order valence-electron chi connectivity index (χ1n) is 15.1. The van der Waals surface area contributed by atoms with Crippen molar-refractivity contribution in [2.24, 2.45) is 0 Å². The topological polar surface area (TPSA) is 91.9 Å². The maximum atomic E-state index is 16.6. The number of hydrogen-bond donors (Lipinski definition) is 0. The molecule has 1 aromatic carbocycles. The van der Waals surface area contributed by atoms with Crippen molar-refractivity contribution in [1.82, 2.24) is 29.7 Å². The summed E-state index contributed by atoms with van der Waals surface area (Å²) in [6.45, 7) is 8.61. The number of piperazine rings is 1. The number of rotatable bonds is 8. The fraction of sp³-hybridized carbons (Fsp3) is 0.394. The number of nitrogens with zero attached hydrogens (tertiary/aromatic N) is 8. The van der Waals surface area contributed by atoms with Gasteiger partial charge in [0.25, 0.3) is 5.92 Å². The van der Waals surface area contributed by atoms with Crippen molar-refractivity contribution in [3.8, 4) is 17.3 Å². The molecule has 6 rings (SSSR count). The van der Waals surface area contributed by atoms with Crippen LogP contribution in [0.3, 0.4) is 0 Å². The number of aryl methyl sites for hydroxylation is 1. The van der Waals surface area contributed by atoms with E-state index in [9.17, 15) is 18.0 Å². The molecule has 47 heavy (non-hydrogen) atoms. The van der Waals surface area contributed by atoms with Crippen LogP contribution in [0.15, 0.2) is 48.9 Å². The highest BCUT2D eigenvalue weighted by molar-refractivity contribution is 6.00. The largest absolute Gasteiger partial charge is 0.462 e. The van der Waals surface area contributed by atoms with Gasteiger partial charge < -0.3 is 19.4 Å². The monoisotopic (exact) mass is 648 g/mol. The van der Waals surface area contributed by atoms with Crippen LogP contribution in [0.5, 0.6) is 6.01 Å². The normalized spacial score (nSPS) is 19.9. The number of carbonyl (C=O) groups excluding carboxylic acids is 1. The quantitative estimate of drug-likeness (QED) is 0.152. The van der Waals surface area contributed by atoms with E-state index in [1.54, 1.807) is 24.3 Å². The summed E-state index contributed by atoms with van der Waals surface area (Å²) in [7, 11) is 1.58. The molecule has 2 fully saturated rings. The second-order valence-electron chi connectivity index (χ2n) is 11.8. The van der Waals surface area contributed by atoms with Gasteiger partial charge in [-0.1, -0.05) is 18.2 Å². The van der Waals surface area contributed by atoms with Crippen LogP contribution in [0, 0.1) is 19.3 Å². The van der Waals surface area contributed by atoms with Crippen molar-refractivity contribution >= 4 is 33.4 Å². The molecule has 0 spiro atoms. The van der Waals surface area contributed by atoms with E-state index < -0.39 is 49.4 Å². The van der Waals surface area contributed by atoms with Crippen LogP contribution in [-0.2, 0) is 4.79 Å². The summed E-state index contributed by atoms with van der Waals surface area (Å²) in [4.78, 5) is 38.9. The Morgan fingerprint density at radius 1 is 1.19 bits per heavy atom. The maximum absolute atomic E-state index is 16.6. The molecule has 0 saturated carbocycles. The molecule has 0 radical (unpaired) electrons. The molecule has 2 aliphatic heterocycles. The van der Waals surface area contributed by atoms with Gasteiger partial charge in [-0.05, 0) is 31.0 Å². The molecule has 5 heterocycles. The van der Waals surface area contributed by atoms with Gasteiger partial charge in [-0.3, -0.25) is 19.7 Å². The Kier molecular flexibility index (Phi) is 8.92. The number of anilines is 1. The summed E-state index contributed by atoms with van der Waals surface area (Å²) in [5.74, 6) is -3.74. The number of benzene rings is 1. The molecule has 2 aliphatic rings. The maximum Gasteiger partial charge on any atom is 0.319 e. The molecule has 0 unspecified atom stereocenters. The lowest BCUT2D eigenvalue weighted by Gasteiger charge is -2.39. The van der Waals surface area contributed by atoms with Crippen molar-refractivity contribution in [1.29, 1.82) is 0 Å². The Bertz CT molecular complexity index is 1890. The van der Waals surface area contributed by atoms with Crippen molar-refractivity contribution in [2.45, 2.75) is 31.4 Å². The van der Waals surface area contributed by atoms with Gasteiger partial charge in [-0.15, -0.1) is 0 Å². The summed E-state index contributed by atoms with van der Waals surface area (Å²) in [6.07, 6.45) is 6.57. The first kappa shape index (κ1) is 32.1. The smallest absolute Gasteiger partial charge is 0.319 e. The van der Waals surface area contributed by atoms with Crippen molar-refractivity contribution in [3.05, 3.63) is 71.7 Å². The number of allylic oxidation sites excluding steroid dienone is 1. The van der Waals surface area contributed by atoms with Crippen LogP contribution >= 0.6 is 0 Å². The number of fused-ring (bicyclic) bond motifs is 2. The molecular weight excluding hydrogens is 616 g/mol. The number of aromatic nitrogens is 4. The summed E-state index contributed by atoms with van der Waals surface area (Å²) >= 11 is 0. The van der Waals surface area contributed by atoms with Crippen LogP contribution in [0.4, 0.5) is 23.4 Å². The minimum absolute atomic E-state index is 0.0233. The van der Waals surface area contributed by atoms with E-state index >= 15 is 4.39 Å². The minimum atomic E-state index is -2.86. The van der Waals surface area contributed by atoms with Gasteiger partial charge in [0, 0.05) is 67.7 Å². The molecule has 3 aromatic heterocycles. The number of pyridine rings is 2. The number of hydrogen-bond acceptors (Lipinski definition) is 8. The Morgan fingerprint density at radius 3 is 2.77 bits per heavy atom. The number of alkyl halides is 3. The minimum Gasteiger partial charge on any atom is -0.462 e. The second-order valence-corrected chi connectivity index (χ2v) is 11.8. The molecule has 10 nitrogen and oxygen atoms in total. The van der Waals surface area contributed by atoms with E-state index in [1.807, 2.05) is 25.1 Å². The molecular formula is C33H32F4N8O2. The number of halogens is 4. The third-order valence-electron chi connectivity index (χ3n) is 8.65. The lowest BCUT2D eigenvalue weighted by molar-refractivity contribution is -0.128. The Balaban J connectivity index is 1.43. The van der Waals surface area contributed by atoms with Gasteiger partial charge in [0.05, 0.1) is 11.9 Å². The Labute approximate surface area is 268 Å². The molecule has 0 aliphatic carbocycles. The van der Waals surface area contributed by atoms with E-state index in [0.717, 1.165) is 28.5 Å². The van der Waals surface area contributed by atoms with Gasteiger partial charge in [-0.25, -0.2) is 24.1 Å². The Morgan fingerprint density at radius 2 is 2.02 bits per heavy atom. The zero-order valence-electron chi connectivity index (χ0n) is 25.8. The lowest BCUT2D eigenvalue weighted by atomic mass is 10.00. The van der Waals surface area contributed by atoms with Crippen molar-refractivity contribution < 1.29 is 27.1 Å². The average molecular weight is 649 g/mol. The molecule has 1 amide bonds. The van der Waals surface area contributed by atoms with Gasteiger partial charge in [0.2, 0.25) is 12.5 Å². The van der Waals surface area contributed by atoms with Crippen LogP contribution in [0.25, 0.3) is 37.8 Å². The predicted molar refractivity (Wildman–Crippen MR) is 169 cm³/mol. The van der Waals surface area contributed by atoms with Crippen LogP contribution in [0.1, 0.15) is 12.0 Å². The number of likely N-dealkylation sites (N-methyl/N-ethyl adjacent to an activating group) is 1. The van der Waals surface area contributed by atoms with Crippen molar-refractivity contribution in [3.63, 3.8) is 0 Å². The fourth-order valence-electron chi connectivity index (χ4n) is 6.37. The zero-order valence-corrected chi connectivity index (χ0v) is 25.8. The standard InChI is InChI=1S/C33H32F4N8O2/c1-20-6-4-7-21-13-39-15-24(27(20)21)29-28(35)30-25(16-40-29)31(42-32(41-30)47-18-22-12-33(36,37)19-43(22)3)44-10-11-45(23(17-44)14-38-2)26(46)8-5-9-34/h4-8,13,15-16,22-23H,9-12,14,17-19H2,1,3H3/b8-5+/t22-,23-/m0/s1. The Hall–Kier alpha value is -4.90. The molecule has 244 valence electrons. The predicted octanol–water partition coefficient (Wildman–Crippen LogP) is 4.87. The number of ether oxygens (including phenoxy) is 1. The number of likely N-dealkylation sites (tertiary alicyclic amines) is 1. The summed E-state index contributed by atoms with van der Waals surface area (Å²) in [5, 5.41) is 1.87. The molecule has 0 bridgehead atoms. The average Bonchev–Trinajstić information content (AvgIpc) is 3.33. The first-order chi connectivity index (χ1) is 22.6. The summed E-state index contributed by atoms with van der Waals surface area (Å²) in [5.41, 5.74) is 1.32. The van der Waals surface area contributed by atoms with Crippen LogP contribution < -0.4 is 9.64 Å². The van der Waals surface area contributed by atoms with Crippen LogP contribution in [-0.4, -0.2) is 107 Å². The SMILES string of the molecule is [C-]#[N+]C[C@H]1CN(c2nc(OC[C@@H]3CC(F)(F)CN3C)nc3c(F)c(-c4cncc5cccc(C)c45)ncc23)CCN1C(=O)/C=C/CF. The van der Waals surface area contributed by atoms with E-state index in [-0.39, 0.29) is 61.2 Å². The lowest BCUT2D eigenvalue weighted by Crippen LogP contribution is -2.56. The molecule has 2 atom stereocenters. The number of amides is 1. The van der Waals surface area contributed by atoms with E-state index in [0.29, 0.717) is 5.56 Å². The second kappa shape index (κ2) is 13.1. The highest BCUT2D eigenvalue weighted by Gasteiger charge is 2.43. The van der Waals surface area contributed by atoms with Crippen LogP contribution in [0.2, 0.25) is 0 Å². The first-order valence-corrected chi connectivity index (χ1v) is 15.1. The molecule has 0 N–H and O–H groups in total.